The molecule has 0 amide bonds. The largest absolute Gasteiger partial charge is 0.325 e. The molecule has 11 heavy (non-hydrogen) atoms. The Morgan fingerprint density at radius 3 is 2.27 bits per heavy atom. The van der Waals surface area contributed by atoms with E-state index in [-0.39, 0.29) is 5.54 Å². The third-order valence-corrected chi connectivity index (χ3v) is 2.23. The van der Waals surface area contributed by atoms with E-state index in [1.165, 1.54) is 25.7 Å². The summed E-state index contributed by atoms with van der Waals surface area (Å²) in [5, 5.41) is 0. The van der Waals surface area contributed by atoms with E-state index in [2.05, 4.69) is 20.8 Å². The molecule has 0 heterocycles. The predicted octanol–water partition coefficient (Wildman–Crippen LogP) is 2.90. The first kappa shape index (κ1) is 11.0. The zero-order valence-corrected chi connectivity index (χ0v) is 8.03. The fraction of sp³-hybridized carbons (Fsp3) is 0.900. The molecule has 1 radical (unpaired) electrons. The van der Waals surface area contributed by atoms with Crippen molar-refractivity contribution in [3.63, 3.8) is 0 Å². The molecule has 1 unspecified atom stereocenters. The van der Waals surface area contributed by atoms with E-state index >= 15 is 0 Å². The third-order valence-electron chi connectivity index (χ3n) is 2.23. The molecule has 1 nitrogen and oxygen atoms in total. The van der Waals surface area contributed by atoms with E-state index in [1.807, 2.05) is 0 Å². The Hall–Kier alpha value is -0.0400. The number of hydrogen-bond donors (Lipinski definition) is 1. The van der Waals surface area contributed by atoms with Crippen LogP contribution in [-0.2, 0) is 0 Å². The highest BCUT2D eigenvalue weighted by molar-refractivity contribution is 4.84. The minimum atomic E-state index is -0.159. The minimum absolute atomic E-state index is 0.159. The lowest BCUT2D eigenvalue weighted by Gasteiger charge is -2.21. The van der Waals surface area contributed by atoms with Crippen LogP contribution in [0, 0.1) is 6.92 Å². The molecular formula is C10H22N. The summed E-state index contributed by atoms with van der Waals surface area (Å²) in [6.45, 7) is 8.29. The standard InChI is InChI=1S/C10H22N/c1-4-6-7-8-9-10(3,11)5-2/h3-9,11H2,1-2H3. The van der Waals surface area contributed by atoms with E-state index in [0.717, 1.165) is 12.8 Å². The normalized spacial score (nSPS) is 16.4. The summed E-state index contributed by atoms with van der Waals surface area (Å²) < 4.78 is 0. The number of rotatable bonds is 6. The fourth-order valence-corrected chi connectivity index (χ4v) is 1.08. The second kappa shape index (κ2) is 5.59. The van der Waals surface area contributed by atoms with Crippen LogP contribution in [0.15, 0.2) is 0 Å². The Kier molecular flexibility index (Phi) is 5.57. The smallest absolute Gasteiger partial charge is 0.0152 e. The lowest BCUT2D eigenvalue weighted by atomic mass is 9.93. The summed E-state index contributed by atoms with van der Waals surface area (Å²) in [6, 6.07) is 0. The molecule has 0 aromatic carbocycles. The van der Waals surface area contributed by atoms with Crippen molar-refractivity contribution in [1.29, 1.82) is 0 Å². The molecule has 0 aliphatic carbocycles. The molecule has 0 aromatic heterocycles. The van der Waals surface area contributed by atoms with Gasteiger partial charge in [-0.05, 0) is 19.8 Å². The van der Waals surface area contributed by atoms with Crippen molar-refractivity contribution < 1.29 is 0 Å². The van der Waals surface area contributed by atoms with Gasteiger partial charge in [-0.25, -0.2) is 0 Å². The first-order valence-electron chi connectivity index (χ1n) is 4.76. The van der Waals surface area contributed by atoms with E-state index in [0.29, 0.717) is 0 Å². The van der Waals surface area contributed by atoms with Crippen LogP contribution in [-0.4, -0.2) is 5.54 Å². The quantitative estimate of drug-likeness (QED) is 0.588. The zero-order valence-electron chi connectivity index (χ0n) is 8.03. The summed E-state index contributed by atoms with van der Waals surface area (Å²) in [4.78, 5) is 0. The van der Waals surface area contributed by atoms with Crippen molar-refractivity contribution in [3.8, 4) is 0 Å². The van der Waals surface area contributed by atoms with Crippen LogP contribution >= 0.6 is 0 Å². The van der Waals surface area contributed by atoms with Crippen molar-refractivity contribution in [1.82, 2.24) is 0 Å². The van der Waals surface area contributed by atoms with E-state index < -0.39 is 0 Å². The molecule has 2 N–H and O–H groups in total. The summed E-state index contributed by atoms with van der Waals surface area (Å²) in [6.07, 6.45) is 7.23. The minimum Gasteiger partial charge on any atom is -0.325 e. The van der Waals surface area contributed by atoms with Crippen LogP contribution in [0.1, 0.15) is 52.4 Å². The molecule has 0 saturated carbocycles. The highest BCUT2D eigenvalue weighted by Crippen LogP contribution is 2.14. The van der Waals surface area contributed by atoms with Crippen LogP contribution in [0.4, 0.5) is 0 Å². The highest BCUT2D eigenvalue weighted by atomic mass is 14.7. The maximum absolute atomic E-state index is 5.89. The highest BCUT2D eigenvalue weighted by Gasteiger charge is 2.13. The zero-order chi connectivity index (χ0) is 8.74. The van der Waals surface area contributed by atoms with Crippen molar-refractivity contribution in [2.75, 3.05) is 0 Å². The van der Waals surface area contributed by atoms with Crippen molar-refractivity contribution in [2.24, 2.45) is 5.73 Å². The van der Waals surface area contributed by atoms with Gasteiger partial charge in [0.05, 0.1) is 0 Å². The second-order valence-electron chi connectivity index (χ2n) is 3.53. The van der Waals surface area contributed by atoms with Gasteiger partial charge in [-0.3, -0.25) is 0 Å². The lowest BCUT2D eigenvalue weighted by Crippen LogP contribution is -2.35. The monoisotopic (exact) mass is 156 g/mol. The Labute approximate surface area is 71.4 Å². The van der Waals surface area contributed by atoms with Gasteiger partial charge in [0.1, 0.15) is 0 Å². The first-order valence-corrected chi connectivity index (χ1v) is 4.76. The van der Waals surface area contributed by atoms with Gasteiger partial charge in [-0.15, -0.1) is 0 Å². The van der Waals surface area contributed by atoms with E-state index in [9.17, 15) is 0 Å². The molecular weight excluding hydrogens is 134 g/mol. The second-order valence-corrected chi connectivity index (χ2v) is 3.53. The van der Waals surface area contributed by atoms with Gasteiger partial charge in [0.25, 0.3) is 0 Å². The van der Waals surface area contributed by atoms with Gasteiger partial charge in [0.15, 0.2) is 0 Å². The molecule has 0 saturated heterocycles. The maximum Gasteiger partial charge on any atom is 0.0152 e. The number of hydrogen-bond acceptors (Lipinski definition) is 1. The van der Waals surface area contributed by atoms with Crippen molar-refractivity contribution >= 4 is 0 Å². The van der Waals surface area contributed by atoms with Gasteiger partial charge >= 0.3 is 0 Å². The van der Waals surface area contributed by atoms with Gasteiger partial charge in [-0.1, -0.05) is 39.5 Å². The Morgan fingerprint density at radius 1 is 1.18 bits per heavy atom. The Balaban J connectivity index is 3.23. The van der Waals surface area contributed by atoms with Crippen molar-refractivity contribution in [3.05, 3.63) is 6.92 Å². The molecule has 0 aliphatic rings. The van der Waals surface area contributed by atoms with Crippen LogP contribution in [0.5, 0.6) is 0 Å². The van der Waals surface area contributed by atoms with E-state index in [4.69, 9.17) is 5.73 Å². The van der Waals surface area contributed by atoms with E-state index in [1.54, 1.807) is 0 Å². The summed E-state index contributed by atoms with van der Waals surface area (Å²) in [5.41, 5.74) is 5.73. The molecule has 1 atom stereocenters. The summed E-state index contributed by atoms with van der Waals surface area (Å²) >= 11 is 0. The molecule has 0 aromatic rings. The van der Waals surface area contributed by atoms with Gasteiger partial charge in [0.2, 0.25) is 0 Å². The van der Waals surface area contributed by atoms with Gasteiger partial charge in [0, 0.05) is 5.54 Å². The molecule has 67 valence electrons. The van der Waals surface area contributed by atoms with Crippen LogP contribution in [0.2, 0.25) is 0 Å². The fourth-order valence-electron chi connectivity index (χ4n) is 1.08. The summed E-state index contributed by atoms with van der Waals surface area (Å²) in [5.74, 6) is 0. The Bertz CT molecular complexity index is 86.9. The molecule has 0 fully saturated rings. The maximum atomic E-state index is 5.89. The number of unbranched alkanes of at least 4 members (excludes halogenated alkanes) is 3. The van der Waals surface area contributed by atoms with Crippen LogP contribution < -0.4 is 5.73 Å². The summed E-state index contributed by atoms with van der Waals surface area (Å²) in [7, 11) is 0. The van der Waals surface area contributed by atoms with Gasteiger partial charge in [-0.2, -0.15) is 0 Å². The molecule has 1 heteroatoms. The Morgan fingerprint density at radius 2 is 1.82 bits per heavy atom. The average Bonchev–Trinajstić information content (AvgIpc) is 1.99. The molecule has 0 aliphatic heterocycles. The lowest BCUT2D eigenvalue weighted by molar-refractivity contribution is 0.438. The van der Waals surface area contributed by atoms with Gasteiger partial charge < -0.3 is 5.73 Å². The SMILES string of the molecule is [CH2]C(N)(CC)CCCCCC. The molecule has 0 rings (SSSR count). The van der Waals surface area contributed by atoms with Crippen LogP contribution in [0.3, 0.4) is 0 Å². The van der Waals surface area contributed by atoms with Crippen molar-refractivity contribution in [2.45, 2.75) is 57.9 Å². The third kappa shape index (κ3) is 6.36. The first-order chi connectivity index (χ1) is 5.12. The molecule has 0 bridgehead atoms. The van der Waals surface area contributed by atoms with Crippen LogP contribution in [0.25, 0.3) is 0 Å². The predicted molar refractivity (Wildman–Crippen MR) is 51.3 cm³/mol. The topological polar surface area (TPSA) is 26.0 Å². The average molecular weight is 156 g/mol. The number of nitrogens with two attached hydrogens (primary N) is 1. The molecule has 0 spiro atoms.